The van der Waals surface area contributed by atoms with Gasteiger partial charge in [0.2, 0.25) is 0 Å². The monoisotopic (exact) mass is 273 g/mol. The van der Waals surface area contributed by atoms with Gasteiger partial charge in [-0.25, -0.2) is 0 Å². The van der Waals surface area contributed by atoms with Crippen LogP contribution in [0.25, 0.3) is 0 Å². The van der Waals surface area contributed by atoms with Gasteiger partial charge in [-0.15, -0.1) is 0 Å². The molecule has 3 heteroatoms. The maximum atomic E-state index is 3.65. The first-order valence-corrected chi connectivity index (χ1v) is 8.00. The zero-order valence-electron chi connectivity index (χ0n) is 12.9. The van der Waals surface area contributed by atoms with E-state index in [0.717, 1.165) is 13.1 Å². The van der Waals surface area contributed by atoms with Crippen LogP contribution in [0.3, 0.4) is 0 Å². The van der Waals surface area contributed by atoms with E-state index in [-0.39, 0.29) is 0 Å². The largest absolute Gasteiger partial charge is 0.382 e. The molecule has 0 aromatic heterocycles. The summed E-state index contributed by atoms with van der Waals surface area (Å²) in [6, 6.07) is 8.15. The molecule has 1 aromatic rings. The number of fused-ring (bicyclic) bond motifs is 1. The molecule has 2 N–H and O–H groups in total. The van der Waals surface area contributed by atoms with Gasteiger partial charge in [-0.05, 0) is 36.5 Å². The molecule has 20 heavy (non-hydrogen) atoms. The van der Waals surface area contributed by atoms with E-state index in [0.29, 0.717) is 18.0 Å². The molecule has 1 aromatic carbocycles. The normalized spacial score (nSPS) is 27.2. The highest BCUT2D eigenvalue weighted by molar-refractivity contribution is 5.57. The Morgan fingerprint density at radius 2 is 1.95 bits per heavy atom. The van der Waals surface area contributed by atoms with Crippen molar-refractivity contribution < 1.29 is 0 Å². The number of nitrogens with zero attached hydrogens (tertiary/aromatic N) is 1. The van der Waals surface area contributed by atoms with Crippen LogP contribution in [0.5, 0.6) is 0 Å². The van der Waals surface area contributed by atoms with Crippen molar-refractivity contribution in [3.8, 4) is 0 Å². The van der Waals surface area contributed by atoms with E-state index in [4.69, 9.17) is 0 Å². The Morgan fingerprint density at radius 1 is 1.20 bits per heavy atom. The van der Waals surface area contributed by atoms with Crippen molar-refractivity contribution in [3.63, 3.8) is 0 Å². The maximum Gasteiger partial charge on any atom is 0.0391 e. The third-order valence-electron chi connectivity index (χ3n) is 4.67. The first kappa shape index (κ1) is 13.9. The Labute approximate surface area is 122 Å². The van der Waals surface area contributed by atoms with E-state index < -0.39 is 0 Å². The molecule has 3 rings (SSSR count). The maximum absolute atomic E-state index is 3.65. The highest BCUT2D eigenvalue weighted by Crippen LogP contribution is 2.38. The van der Waals surface area contributed by atoms with Crippen LogP contribution < -0.4 is 10.6 Å². The van der Waals surface area contributed by atoms with Crippen LogP contribution in [0.2, 0.25) is 0 Å². The first-order valence-electron chi connectivity index (χ1n) is 8.00. The number of hydrogen-bond acceptors (Lipinski definition) is 3. The van der Waals surface area contributed by atoms with Gasteiger partial charge in [-0.2, -0.15) is 0 Å². The molecule has 2 atom stereocenters. The van der Waals surface area contributed by atoms with Crippen LogP contribution in [0.4, 0.5) is 5.69 Å². The fourth-order valence-corrected chi connectivity index (χ4v) is 3.47. The molecule has 2 unspecified atom stereocenters. The van der Waals surface area contributed by atoms with Crippen molar-refractivity contribution in [2.45, 2.75) is 45.2 Å². The molecule has 2 aliphatic heterocycles. The molecule has 2 aliphatic rings. The van der Waals surface area contributed by atoms with E-state index >= 15 is 0 Å². The van der Waals surface area contributed by atoms with Crippen molar-refractivity contribution >= 4 is 5.69 Å². The average Bonchev–Trinajstić information content (AvgIpc) is 2.46. The summed E-state index contributed by atoms with van der Waals surface area (Å²) < 4.78 is 0. The topological polar surface area (TPSA) is 27.3 Å². The predicted octanol–water partition coefficient (Wildman–Crippen LogP) is 2.96. The van der Waals surface area contributed by atoms with E-state index in [9.17, 15) is 0 Å². The van der Waals surface area contributed by atoms with Crippen molar-refractivity contribution in [1.82, 2.24) is 10.2 Å². The summed E-state index contributed by atoms with van der Waals surface area (Å²) in [5.41, 5.74) is 4.31. The molecule has 110 valence electrons. The second kappa shape index (κ2) is 5.74. The SMILES string of the molecule is CC1CC(N2CCNCC2)c2cc(C(C)C)ccc2N1. The Morgan fingerprint density at radius 3 is 2.65 bits per heavy atom. The van der Waals surface area contributed by atoms with Gasteiger partial charge in [0.05, 0.1) is 0 Å². The van der Waals surface area contributed by atoms with Crippen molar-refractivity contribution in [2.24, 2.45) is 0 Å². The Balaban J connectivity index is 1.93. The Hall–Kier alpha value is -1.06. The first-order chi connectivity index (χ1) is 9.65. The lowest BCUT2D eigenvalue weighted by Crippen LogP contribution is -2.47. The molecule has 1 fully saturated rings. The number of piperazine rings is 1. The zero-order valence-corrected chi connectivity index (χ0v) is 12.9. The highest BCUT2D eigenvalue weighted by Gasteiger charge is 2.30. The Bertz CT molecular complexity index is 463. The third kappa shape index (κ3) is 2.70. The van der Waals surface area contributed by atoms with E-state index in [1.165, 1.54) is 36.3 Å². The minimum atomic E-state index is 0.562. The highest BCUT2D eigenvalue weighted by atomic mass is 15.2. The number of benzene rings is 1. The molecule has 0 saturated carbocycles. The minimum absolute atomic E-state index is 0.562. The van der Waals surface area contributed by atoms with Gasteiger partial charge in [0.25, 0.3) is 0 Å². The van der Waals surface area contributed by atoms with Gasteiger partial charge in [0, 0.05) is 44.0 Å². The second-order valence-corrected chi connectivity index (χ2v) is 6.58. The fourth-order valence-electron chi connectivity index (χ4n) is 3.47. The van der Waals surface area contributed by atoms with Gasteiger partial charge in [0.1, 0.15) is 0 Å². The van der Waals surface area contributed by atoms with Crippen molar-refractivity contribution in [3.05, 3.63) is 29.3 Å². The van der Waals surface area contributed by atoms with Gasteiger partial charge in [-0.1, -0.05) is 26.0 Å². The lowest BCUT2D eigenvalue weighted by atomic mass is 9.89. The molecule has 0 spiro atoms. The molecular weight excluding hydrogens is 246 g/mol. The quantitative estimate of drug-likeness (QED) is 0.867. The van der Waals surface area contributed by atoms with Crippen molar-refractivity contribution in [2.75, 3.05) is 31.5 Å². The van der Waals surface area contributed by atoms with Crippen LogP contribution in [-0.2, 0) is 0 Å². The molecular formula is C17H27N3. The van der Waals surface area contributed by atoms with Crippen LogP contribution in [0.1, 0.15) is 50.3 Å². The second-order valence-electron chi connectivity index (χ2n) is 6.58. The third-order valence-corrected chi connectivity index (χ3v) is 4.67. The summed E-state index contributed by atoms with van der Waals surface area (Å²) in [5, 5.41) is 7.11. The van der Waals surface area contributed by atoms with Crippen LogP contribution in [0, 0.1) is 0 Å². The molecule has 0 amide bonds. The van der Waals surface area contributed by atoms with E-state index in [1.54, 1.807) is 0 Å². The molecule has 0 bridgehead atoms. The number of nitrogens with one attached hydrogen (secondary N) is 2. The summed E-state index contributed by atoms with van der Waals surface area (Å²) in [6.45, 7) is 11.4. The standard InChI is InChI=1S/C17H27N3/c1-12(2)14-4-5-16-15(11-14)17(10-13(3)19-16)20-8-6-18-7-9-20/h4-5,11-13,17-19H,6-10H2,1-3H3. The minimum Gasteiger partial charge on any atom is -0.382 e. The van der Waals surface area contributed by atoms with Gasteiger partial charge >= 0.3 is 0 Å². The molecule has 2 heterocycles. The van der Waals surface area contributed by atoms with Gasteiger partial charge in [0.15, 0.2) is 0 Å². The van der Waals surface area contributed by atoms with Gasteiger partial charge < -0.3 is 10.6 Å². The summed E-state index contributed by atoms with van der Waals surface area (Å²) >= 11 is 0. The summed E-state index contributed by atoms with van der Waals surface area (Å²) in [5.74, 6) is 0.600. The lowest BCUT2D eigenvalue weighted by molar-refractivity contribution is 0.159. The van der Waals surface area contributed by atoms with Crippen LogP contribution in [0.15, 0.2) is 18.2 Å². The smallest absolute Gasteiger partial charge is 0.0391 e. The summed E-state index contributed by atoms with van der Waals surface area (Å²) in [7, 11) is 0. The number of anilines is 1. The van der Waals surface area contributed by atoms with E-state index in [1.807, 2.05) is 0 Å². The molecule has 3 nitrogen and oxygen atoms in total. The van der Waals surface area contributed by atoms with Crippen molar-refractivity contribution in [1.29, 1.82) is 0 Å². The molecule has 0 aliphatic carbocycles. The molecule has 1 saturated heterocycles. The fraction of sp³-hybridized carbons (Fsp3) is 0.647. The summed E-state index contributed by atoms with van der Waals surface area (Å²) in [4.78, 5) is 2.66. The summed E-state index contributed by atoms with van der Waals surface area (Å²) in [6.07, 6.45) is 1.22. The number of rotatable bonds is 2. The van der Waals surface area contributed by atoms with Crippen LogP contribution in [-0.4, -0.2) is 37.1 Å². The average molecular weight is 273 g/mol. The van der Waals surface area contributed by atoms with Crippen LogP contribution >= 0.6 is 0 Å². The zero-order chi connectivity index (χ0) is 14.1. The Kier molecular flexibility index (Phi) is 3.99. The lowest BCUT2D eigenvalue weighted by Gasteiger charge is -2.41. The van der Waals surface area contributed by atoms with E-state index in [2.05, 4.69) is 54.5 Å². The predicted molar refractivity (Wildman–Crippen MR) is 85.4 cm³/mol. The number of hydrogen-bond donors (Lipinski definition) is 2. The molecule has 0 radical (unpaired) electrons. The van der Waals surface area contributed by atoms with Gasteiger partial charge in [-0.3, -0.25) is 4.90 Å².